The number of halogens is 1. The van der Waals surface area contributed by atoms with E-state index in [4.69, 9.17) is 0 Å². The molecule has 1 heterocycles. The summed E-state index contributed by atoms with van der Waals surface area (Å²) in [6.45, 7) is 5.48. The molecule has 6 heteroatoms. The standard InChI is InChI=1S/C11H14BrNO3S/c1-6(2)13(5-14)10(11(15)16)9-4-8(12)7(3)17-9/h4-6,10H,1-3H3,(H,15,16). The van der Waals surface area contributed by atoms with Gasteiger partial charge in [0.05, 0.1) is 0 Å². The largest absolute Gasteiger partial charge is 0.479 e. The van der Waals surface area contributed by atoms with E-state index < -0.39 is 12.0 Å². The molecule has 0 aliphatic rings. The number of carboxylic acids is 1. The van der Waals surface area contributed by atoms with Gasteiger partial charge in [-0.1, -0.05) is 0 Å². The van der Waals surface area contributed by atoms with E-state index in [1.807, 2.05) is 6.92 Å². The van der Waals surface area contributed by atoms with Crippen molar-refractivity contribution in [1.82, 2.24) is 4.90 Å². The summed E-state index contributed by atoms with van der Waals surface area (Å²) in [7, 11) is 0. The molecule has 1 unspecified atom stereocenters. The van der Waals surface area contributed by atoms with Gasteiger partial charge in [0.1, 0.15) is 0 Å². The molecule has 0 saturated heterocycles. The third-order valence-corrected chi connectivity index (χ3v) is 4.58. The monoisotopic (exact) mass is 319 g/mol. The molecule has 0 aliphatic heterocycles. The van der Waals surface area contributed by atoms with E-state index in [0.717, 1.165) is 9.35 Å². The molecule has 94 valence electrons. The van der Waals surface area contributed by atoms with E-state index in [0.29, 0.717) is 11.3 Å². The average Bonchev–Trinajstić information content (AvgIpc) is 2.53. The van der Waals surface area contributed by atoms with E-state index in [1.165, 1.54) is 16.2 Å². The minimum Gasteiger partial charge on any atom is -0.479 e. The fraction of sp³-hybridized carbons (Fsp3) is 0.455. The molecule has 1 rings (SSSR count). The lowest BCUT2D eigenvalue weighted by Gasteiger charge is -2.27. The number of nitrogens with zero attached hydrogens (tertiary/aromatic N) is 1. The number of aryl methyl sites for hydroxylation is 1. The lowest BCUT2D eigenvalue weighted by Crippen LogP contribution is -2.37. The van der Waals surface area contributed by atoms with Crippen molar-refractivity contribution in [3.63, 3.8) is 0 Å². The SMILES string of the molecule is Cc1sc(C(C(=O)O)N(C=O)C(C)C)cc1Br. The molecule has 0 bridgehead atoms. The summed E-state index contributed by atoms with van der Waals surface area (Å²) in [5.74, 6) is -1.01. The highest BCUT2D eigenvalue weighted by atomic mass is 79.9. The topological polar surface area (TPSA) is 57.6 Å². The van der Waals surface area contributed by atoms with Crippen LogP contribution in [0.5, 0.6) is 0 Å². The Morgan fingerprint density at radius 2 is 2.18 bits per heavy atom. The van der Waals surface area contributed by atoms with Crippen LogP contribution in [0, 0.1) is 6.92 Å². The van der Waals surface area contributed by atoms with Gasteiger partial charge in [0.2, 0.25) is 6.41 Å². The van der Waals surface area contributed by atoms with Gasteiger partial charge in [-0.05, 0) is 42.8 Å². The van der Waals surface area contributed by atoms with Gasteiger partial charge < -0.3 is 10.0 Å². The summed E-state index contributed by atoms with van der Waals surface area (Å²) in [5, 5.41) is 9.27. The van der Waals surface area contributed by atoms with E-state index in [-0.39, 0.29) is 6.04 Å². The van der Waals surface area contributed by atoms with Gasteiger partial charge in [-0.25, -0.2) is 4.79 Å². The zero-order valence-corrected chi connectivity index (χ0v) is 12.2. The van der Waals surface area contributed by atoms with E-state index in [1.54, 1.807) is 19.9 Å². The highest BCUT2D eigenvalue weighted by molar-refractivity contribution is 9.10. The number of carbonyl (C=O) groups is 2. The second-order valence-corrected chi connectivity index (χ2v) is 6.08. The minimum absolute atomic E-state index is 0.158. The summed E-state index contributed by atoms with van der Waals surface area (Å²) in [6, 6.07) is 0.690. The van der Waals surface area contributed by atoms with Crippen molar-refractivity contribution in [1.29, 1.82) is 0 Å². The third kappa shape index (κ3) is 3.07. The van der Waals surface area contributed by atoms with Crippen LogP contribution in [0.15, 0.2) is 10.5 Å². The van der Waals surface area contributed by atoms with Gasteiger partial charge >= 0.3 is 5.97 Å². The first-order valence-electron chi connectivity index (χ1n) is 5.09. The van der Waals surface area contributed by atoms with Crippen LogP contribution in [0.3, 0.4) is 0 Å². The molecule has 0 saturated carbocycles. The molecule has 0 spiro atoms. The first kappa shape index (κ1) is 14.2. The number of aliphatic carboxylic acids is 1. The van der Waals surface area contributed by atoms with Crippen molar-refractivity contribution in [2.75, 3.05) is 0 Å². The van der Waals surface area contributed by atoms with Gasteiger partial charge in [0.15, 0.2) is 6.04 Å². The van der Waals surface area contributed by atoms with E-state index in [9.17, 15) is 14.7 Å². The maximum Gasteiger partial charge on any atom is 0.331 e. The number of hydrogen-bond donors (Lipinski definition) is 1. The van der Waals surface area contributed by atoms with Crippen LogP contribution in [0.1, 0.15) is 29.6 Å². The molecule has 1 aromatic rings. The summed E-state index contributed by atoms with van der Waals surface area (Å²) >= 11 is 4.74. The van der Waals surface area contributed by atoms with Gasteiger partial charge in [0, 0.05) is 20.3 Å². The first-order valence-corrected chi connectivity index (χ1v) is 6.70. The van der Waals surface area contributed by atoms with Gasteiger partial charge in [-0.3, -0.25) is 4.79 Å². The van der Waals surface area contributed by atoms with Crippen LogP contribution in [-0.2, 0) is 9.59 Å². The maximum absolute atomic E-state index is 11.3. The molecule has 0 fully saturated rings. The van der Waals surface area contributed by atoms with E-state index in [2.05, 4.69) is 15.9 Å². The number of rotatable bonds is 5. The van der Waals surface area contributed by atoms with Gasteiger partial charge in [-0.15, -0.1) is 11.3 Å². The summed E-state index contributed by atoms with van der Waals surface area (Å²) in [4.78, 5) is 25.3. The zero-order valence-electron chi connectivity index (χ0n) is 9.81. The normalized spacial score (nSPS) is 12.5. The van der Waals surface area contributed by atoms with Crippen LogP contribution < -0.4 is 0 Å². The predicted molar refractivity (Wildman–Crippen MR) is 70.2 cm³/mol. The number of carbonyl (C=O) groups excluding carboxylic acids is 1. The average molecular weight is 320 g/mol. The second-order valence-electron chi connectivity index (χ2n) is 3.94. The van der Waals surface area contributed by atoms with Crippen LogP contribution >= 0.6 is 27.3 Å². The molecule has 4 nitrogen and oxygen atoms in total. The summed E-state index contributed by atoms with van der Waals surface area (Å²) < 4.78 is 0.873. The number of thiophene rings is 1. The Kier molecular flexibility index (Phi) is 4.70. The van der Waals surface area contributed by atoms with Gasteiger partial charge in [0.25, 0.3) is 0 Å². The maximum atomic E-state index is 11.3. The number of hydrogen-bond acceptors (Lipinski definition) is 3. The Labute approximate surface area is 112 Å². The molecule has 0 aromatic carbocycles. The first-order chi connectivity index (χ1) is 7.88. The Bertz CT molecular complexity index is 411. The van der Waals surface area contributed by atoms with E-state index >= 15 is 0 Å². The smallest absolute Gasteiger partial charge is 0.331 e. The number of amides is 1. The summed E-state index contributed by atoms with van der Waals surface area (Å²) in [6.07, 6.45) is 0.590. The Morgan fingerprint density at radius 1 is 1.59 bits per heavy atom. The van der Waals surface area contributed by atoms with Crippen LogP contribution in [0.2, 0.25) is 0 Å². The fourth-order valence-electron chi connectivity index (χ4n) is 1.49. The highest BCUT2D eigenvalue weighted by Crippen LogP contribution is 2.33. The Balaban J connectivity index is 3.17. The molecule has 1 amide bonds. The molecule has 0 radical (unpaired) electrons. The van der Waals surface area contributed by atoms with Crippen molar-refractivity contribution in [3.8, 4) is 0 Å². The molecule has 1 aromatic heterocycles. The van der Waals surface area contributed by atoms with Crippen LogP contribution in [-0.4, -0.2) is 28.4 Å². The minimum atomic E-state index is -1.01. The molecule has 0 aliphatic carbocycles. The fourth-order valence-corrected chi connectivity index (χ4v) is 3.16. The highest BCUT2D eigenvalue weighted by Gasteiger charge is 2.30. The third-order valence-electron chi connectivity index (χ3n) is 2.40. The lowest BCUT2D eigenvalue weighted by molar-refractivity contribution is -0.147. The lowest BCUT2D eigenvalue weighted by atomic mass is 10.2. The van der Waals surface area contributed by atoms with Gasteiger partial charge in [-0.2, -0.15) is 0 Å². The molecular formula is C11H14BrNO3S. The van der Waals surface area contributed by atoms with Crippen molar-refractivity contribution >= 4 is 39.6 Å². The van der Waals surface area contributed by atoms with Crippen molar-refractivity contribution in [2.24, 2.45) is 0 Å². The Hall–Kier alpha value is -0.880. The number of carboxylic acid groups (broad SMARTS) is 1. The second kappa shape index (κ2) is 5.64. The predicted octanol–water partition coefficient (Wildman–Crippen LogP) is 2.81. The Morgan fingerprint density at radius 3 is 2.47 bits per heavy atom. The molecule has 1 atom stereocenters. The van der Waals surface area contributed by atoms with Crippen LogP contribution in [0.25, 0.3) is 0 Å². The zero-order chi connectivity index (χ0) is 13.2. The van der Waals surface area contributed by atoms with Crippen molar-refractivity contribution < 1.29 is 14.7 Å². The van der Waals surface area contributed by atoms with Crippen molar-refractivity contribution in [2.45, 2.75) is 32.9 Å². The molecule has 17 heavy (non-hydrogen) atoms. The summed E-state index contributed by atoms with van der Waals surface area (Å²) in [5.41, 5.74) is 0. The molecular weight excluding hydrogens is 306 g/mol. The van der Waals surface area contributed by atoms with Crippen LogP contribution in [0.4, 0.5) is 0 Å². The quantitative estimate of drug-likeness (QED) is 0.849. The molecule has 1 N–H and O–H groups in total. The van der Waals surface area contributed by atoms with Crippen molar-refractivity contribution in [3.05, 3.63) is 20.3 Å².